The lowest BCUT2D eigenvalue weighted by Gasteiger charge is -2.24. The normalized spacial score (nSPS) is 18.4. The second-order valence-electron chi connectivity index (χ2n) is 4.60. The third-order valence-electron chi connectivity index (χ3n) is 3.37. The highest BCUT2D eigenvalue weighted by molar-refractivity contribution is 5.34. The molecule has 0 radical (unpaired) electrons. The van der Waals surface area contributed by atoms with E-state index in [-0.39, 0.29) is 0 Å². The zero-order chi connectivity index (χ0) is 12.5. The van der Waals surface area contributed by atoms with Gasteiger partial charge in [0.25, 0.3) is 0 Å². The highest BCUT2D eigenvalue weighted by atomic mass is 19.4. The minimum atomic E-state index is -4.24. The lowest BCUT2D eigenvalue weighted by atomic mass is 9.88. The van der Waals surface area contributed by atoms with E-state index in [0.29, 0.717) is 11.5 Å². The van der Waals surface area contributed by atoms with Crippen LogP contribution in [0.1, 0.15) is 35.4 Å². The van der Waals surface area contributed by atoms with E-state index in [0.717, 1.165) is 31.5 Å². The summed E-state index contributed by atoms with van der Waals surface area (Å²) in [6, 6.07) is 4.54. The van der Waals surface area contributed by atoms with E-state index in [1.54, 1.807) is 12.1 Å². The Hall–Kier alpha value is -1.03. The average Bonchev–Trinajstić information content (AvgIpc) is 2.28. The summed E-state index contributed by atoms with van der Waals surface area (Å²) in [5.74, 6) is 0.400. The molecule has 1 aliphatic heterocycles. The van der Waals surface area contributed by atoms with Gasteiger partial charge < -0.3 is 5.32 Å². The molecule has 1 saturated heterocycles. The smallest absolute Gasteiger partial charge is 0.317 e. The highest BCUT2D eigenvalue weighted by Gasteiger charge is 2.32. The van der Waals surface area contributed by atoms with E-state index >= 15 is 0 Å². The van der Waals surface area contributed by atoms with Crippen LogP contribution in [0.15, 0.2) is 18.2 Å². The van der Waals surface area contributed by atoms with Gasteiger partial charge in [0.15, 0.2) is 0 Å². The predicted octanol–water partition coefficient (Wildman–Crippen LogP) is 3.48. The summed E-state index contributed by atoms with van der Waals surface area (Å²) in [6.07, 6.45) is -2.23. The van der Waals surface area contributed by atoms with Crippen molar-refractivity contribution in [2.24, 2.45) is 0 Å². The predicted molar refractivity (Wildman–Crippen MR) is 61.0 cm³/mol. The largest absolute Gasteiger partial charge is 0.416 e. The number of halogens is 3. The first-order valence-corrected chi connectivity index (χ1v) is 5.87. The number of hydrogen-bond donors (Lipinski definition) is 1. The number of alkyl halides is 3. The molecule has 0 amide bonds. The van der Waals surface area contributed by atoms with Crippen LogP contribution in [0.4, 0.5) is 13.2 Å². The molecule has 1 aliphatic rings. The Labute approximate surface area is 99.0 Å². The summed E-state index contributed by atoms with van der Waals surface area (Å²) >= 11 is 0. The summed E-state index contributed by atoms with van der Waals surface area (Å²) in [4.78, 5) is 0. The molecule has 1 fully saturated rings. The molecule has 0 aliphatic carbocycles. The zero-order valence-corrected chi connectivity index (χ0v) is 9.77. The first kappa shape index (κ1) is 12.4. The topological polar surface area (TPSA) is 12.0 Å². The maximum absolute atomic E-state index is 12.6. The standard InChI is InChI=1S/C13H16F3N/c1-9-8-11(10-4-6-17-7-5-10)2-3-12(9)13(14,15)16/h2-3,8,10,17H,4-7H2,1H3. The summed E-state index contributed by atoms with van der Waals surface area (Å²) in [5.41, 5.74) is 0.848. The first-order chi connectivity index (χ1) is 7.98. The van der Waals surface area contributed by atoms with E-state index in [1.165, 1.54) is 13.0 Å². The summed E-state index contributed by atoms with van der Waals surface area (Å²) in [6.45, 7) is 3.43. The number of aryl methyl sites for hydroxylation is 1. The SMILES string of the molecule is Cc1cc(C2CCNCC2)ccc1C(F)(F)F. The van der Waals surface area contributed by atoms with Crippen LogP contribution >= 0.6 is 0 Å². The minimum absolute atomic E-state index is 0.327. The summed E-state index contributed by atoms with van der Waals surface area (Å²) in [7, 11) is 0. The summed E-state index contributed by atoms with van der Waals surface area (Å²) < 4.78 is 37.8. The Morgan fingerprint density at radius 1 is 1.18 bits per heavy atom. The Morgan fingerprint density at radius 2 is 1.82 bits per heavy atom. The van der Waals surface area contributed by atoms with Crippen LogP contribution in [-0.2, 0) is 6.18 Å². The molecule has 2 rings (SSSR count). The van der Waals surface area contributed by atoms with Gasteiger partial charge in [-0.2, -0.15) is 13.2 Å². The Bertz CT molecular complexity index is 392. The van der Waals surface area contributed by atoms with Crippen molar-refractivity contribution in [3.8, 4) is 0 Å². The average molecular weight is 243 g/mol. The molecule has 0 atom stereocenters. The van der Waals surface area contributed by atoms with E-state index in [4.69, 9.17) is 0 Å². The molecule has 1 N–H and O–H groups in total. The van der Waals surface area contributed by atoms with Gasteiger partial charge in [0.1, 0.15) is 0 Å². The van der Waals surface area contributed by atoms with Crippen molar-refractivity contribution in [2.45, 2.75) is 31.9 Å². The Morgan fingerprint density at radius 3 is 2.35 bits per heavy atom. The number of benzene rings is 1. The van der Waals surface area contributed by atoms with Gasteiger partial charge in [-0.3, -0.25) is 0 Å². The van der Waals surface area contributed by atoms with Crippen LogP contribution in [0.2, 0.25) is 0 Å². The quantitative estimate of drug-likeness (QED) is 0.796. The lowest BCUT2D eigenvalue weighted by molar-refractivity contribution is -0.138. The number of hydrogen-bond acceptors (Lipinski definition) is 1. The fourth-order valence-corrected chi connectivity index (χ4v) is 2.41. The molecule has 1 aromatic rings. The van der Waals surface area contributed by atoms with Crippen molar-refractivity contribution in [3.63, 3.8) is 0 Å². The minimum Gasteiger partial charge on any atom is -0.317 e. The molecular formula is C13H16F3N. The number of nitrogens with one attached hydrogen (secondary N) is 1. The molecular weight excluding hydrogens is 227 g/mol. The second kappa shape index (κ2) is 4.69. The van der Waals surface area contributed by atoms with E-state index in [9.17, 15) is 13.2 Å². The number of rotatable bonds is 1. The number of piperidine rings is 1. The fourth-order valence-electron chi connectivity index (χ4n) is 2.41. The van der Waals surface area contributed by atoms with Crippen molar-refractivity contribution < 1.29 is 13.2 Å². The van der Waals surface area contributed by atoms with Gasteiger partial charge in [-0.15, -0.1) is 0 Å². The van der Waals surface area contributed by atoms with Gasteiger partial charge in [-0.1, -0.05) is 12.1 Å². The molecule has 1 nitrogen and oxygen atoms in total. The van der Waals surface area contributed by atoms with Crippen molar-refractivity contribution in [1.29, 1.82) is 0 Å². The van der Waals surface area contributed by atoms with Crippen molar-refractivity contribution in [3.05, 3.63) is 34.9 Å². The third kappa shape index (κ3) is 2.80. The van der Waals surface area contributed by atoms with Crippen LogP contribution in [-0.4, -0.2) is 13.1 Å². The highest BCUT2D eigenvalue weighted by Crippen LogP contribution is 2.34. The first-order valence-electron chi connectivity index (χ1n) is 5.87. The van der Waals surface area contributed by atoms with E-state index < -0.39 is 11.7 Å². The lowest BCUT2D eigenvalue weighted by Crippen LogP contribution is -2.26. The van der Waals surface area contributed by atoms with Crippen molar-refractivity contribution in [2.75, 3.05) is 13.1 Å². The molecule has 1 heterocycles. The Kier molecular flexibility index (Phi) is 3.43. The van der Waals surface area contributed by atoms with Crippen LogP contribution in [0.25, 0.3) is 0 Å². The molecule has 4 heteroatoms. The summed E-state index contributed by atoms with van der Waals surface area (Å²) in [5, 5.41) is 3.25. The maximum Gasteiger partial charge on any atom is 0.416 e. The Balaban J connectivity index is 2.24. The molecule has 0 spiro atoms. The van der Waals surface area contributed by atoms with Gasteiger partial charge in [0.2, 0.25) is 0 Å². The second-order valence-corrected chi connectivity index (χ2v) is 4.60. The van der Waals surface area contributed by atoms with E-state index in [2.05, 4.69) is 5.32 Å². The van der Waals surface area contributed by atoms with Gasteiger partial charge in [-0.05, 0) is 56.0 Å². The fraction of sp³-hybridized carbons (Fsp3) is 0.538. The molecule has 0 aromatic heterocycles. The van der Waals surface area contributed by atoms with Gasteiger partial charge in [-0.25, -0.2) is 0 Å². The van der Waals surface area contributed by atoms with Gasteiger partial charge in [0, 0.05) is 0 Å². The molecule has 0 unspecified atom stereocenters. The molecule has 0 bridgehead atoms. The maximum atomic E-state index is 12.6. The van der Waals surface area contributed by atoms with Crippen LogP contribution < -0.4 is 5.32 Å². The molecule has 94 valence electrons. The monoisotopic (exact) mass is 243 g/mol. The van der Waals surface area contributed by atoms with Crippen molar-refractivity contribution >= 4 is 0 Å². The molecule has 1 aromatic carbocycles. The third-order valence-corrected chi connectivity index (χ3v) is 3.37. The molecule has 17 heavy (non-hydrogen) atoms. The molecule has 0 saturated carbocycles. The van der Waals surface area contributed by atoms with Crippen LogP contribution in [0.5, 0.6) is 0 Å². The van der Waals surface area contributed by atoms with Crippen LogP contribution in [0, 0.1) is 6.92 Å². The van der Waals surface area contributed by atoms with Gasteiger partial charge >= 0.3 is 6.18 Å². The zero-order valence-electron chi connectivity index (χ0n) is 9.77. The van der Waals surface area contributed by atoms with E-state index in [1.807, 2.05) is 0 Å². The van der Waals surface area contributed by atoms with Crippen LogP contribution in [0.3, 0.4) is 0 Å². The van der Waals surface area contributed by atoms with Gasteiger partial charge in [0.05, 0.1) is 5.56 Å². The van der Waals surface area contributed by atoms with Crippen molar-refractivity contribution in [1.82, 2.24) is 5.32 Å².